The Morgan fingerprint density at radius 2 is 1.83 bits per heavy atom. The highest BCUT2D eigenvalue weighted by Gasteiger charge is 2.32. The predicted octanol–water partition coefficient (Wildman–Crippen LogP) is 2.63. The number of morpholine rings is 1. The Morgan fingerprint density at radius 1 is 1.13 bits per heavy atom. The maximum absolute atomic E-state index is 14.6. The van der Waals surface area contributed by atoms with E-state index in [2.05, 4.69) is 5.32 Å². The van der Waals surface area contributed by atoms with Crippen LogP contribution in [0.3, 0.4) is 0 Å². The van der Waals surface area contributed by atoms with Crippen molar-refractivity contribution in [3.63, 3.8) is 0 Å². The molecule has 1 unspecified atom stereocenters. The van der Waals surface area contributed by atoms with Crippen LogP contribution in [0, 0.1) is 5.82 Å². The van der Waals surface area contributed by atoms with E-state index in [1.54, 1.807) is 30.3 Å². The third-order valence-corrected chi connectivity index (χ3v) is 6.68. The van der Waals surface area contributed by atoms with Crippen LogP contribution in [0.1, 0.15) is 22.8 Å². The third kappa shape index (κ3) is 3.99. The minimum Gasteiger partial charge on any atom is -0.378 e. The number of hydrogen-bond donors (Lipinski definition) is 1. The standard InChI is InChI=1S/C21H24FN3O4S/c1-14-11-16-12-15(3-5-19(16)25(14)30(2,27)28)21(26)23-17-4-6-20(18(22)13-17)24-7-9-29-10-8-24/h3-6,12-14H,7-11H2,1-2H3,(H,23,26). The average molecular weight is 434 g/mol. The molecule has 1 amide bonds. The van der Waals surface area contributed by atoms with Gasteiger partial charge in [-0.2, -0.15) is 0 Å². The highest BCUT2D eigenvalue weighted by Crippen LogP contribution is 2.35. The van der Waals surface area contributed by atoms with Crippen LogP contribution in [0.4, 0.5) is 21.5 Å². The molecule has 0 saturated carbocycles. The molecule has 1 atom stereocenters. The molecular formula is C21H24FN3O4S. The van der Waals surface area contributed by atoms with Gasteiger partial charge < -0.3 is 15.0 Å². The molecule has 0 spiro atoms. The normalized spacial score (nSPS) is 19.0. The number of ether oxygens (including phenoxy) is 1. The fourth-order valence-electron chi connectivity index (χ4n) is 4.10. The minimum absolute atomic E-state index is 0.199. The summed E-state index contributed by atoms with van der Waals surface area (Å²) in [6.07, 6.45) is 1.71. The van der Waals surface area contributed by atoms with Crippen LogP contribution >= 0.6 is 0 Å². The molecule has 1 N–H and O–H groups in total. The van der Waals surface area contributed by atoms with Crippen molar-refractivity contribution < 1.29 is 22.3 Å². The Balaban J connectivity index is 1.51. The highest BCUT2D eigenvalue weighted by atomic mass is 32.2. The smallest absolute Gasteiger partial charge is 0.255 e. The number of carbonyl (C=O) groups is 1. The van der Waals surface area contributed by atoms with E-state index in [1.165, 1.54) is 16.6 Å². The molecule has 7 nitrogen and oxygen atoms in total. The van der Waals surface area contributed by atoms with Crippen LogP contribution < -0.4 is 14.5 Å². The lowest BCUT2D eigenvalue weighted by Crippen LogP contribution is -2.36. The van der Waals surface area contributed by atoms with E-state index in [4.69, 9.17) is 4.74 Å². The van der Waals surface area contributed by atoms with E-state index < -0.39 is 15.8 Å². The van der Waals surface area contributed by atoms with E-state index in [9.17, 15) is 17.6 Å². The van der Waals surface area contributed by atoms with Crippen LogP contribution in [-0.2, 0) is 21.2 Å². The zero-order chi connectivity index (χ0) is 21.5. The number of halogens is 1. The van der Waals surface area contributed by atoms with Gasteiger partial charge in [-0.3, -0.25) is 9.10 Å². The summed E-state index contributed by atoms with van der Waals surface area (Å²) >= 11 is 0. The molecule has 2 heterocycles. The van der Waals surface area contributed by atoms with Crippen molar-refractivity contribution in [2.24, 2.45) is 0 Å². The van der Waals surface area contributed by atoms with E-state index in [-0.39, 0.29) is 11.9 Å². The molecule has 0 radical (unpaired) electrons. The summed E-state index contributed by atoms with van der Waals surface area (Å²) in [5.41, 5.74) is 2.65. The monoisotopic (exact) mass is 433 g/mol. The number of hydrogen-bond acceptors (Lipinski definition) is 5. The van der Waals surface area contributed by atoms with Gasteiger partial charge in [0.25, 0.3) is 5.91 Å². The lowest BCUT2D eigenvalue weighted by atomic mass is 10.1. The number of nitrogens with one attached hydrogen (secondary N) is 1. The van der Waals surface area contributed by atoms with Gasteiger partial charge in [0, 0.05) is 30.4 Å². The Hall–Kier alpha value is -2.65. The summed E-state index contributed by atoms with van der Waals surface area (Å²) in [5.74, 6) is -0.775. The molecule has 1 saturated heterocycles. The Bertz CT molecular complexity index is 1080. The largest absolute Gasteiger partial charge is 0.378 e. The fraction of sp³-hybridized carbons (Fsp3) is 0.381. The van der Waals surface area contributed by atoms with E-state index in [1.807, 2.05) is 11.8 Å². The molecule has 2 aromatic carbocycles. The lowest BCUT2D eigenvalue weighted by molar-refractivity contribution is 0.102. The van der Waals surface area contributed by atoms with Gasteiger partial charge in [0.15, 0.2) is 0 Å². The van der Waals surface area contributed by atoms with Crippen molar-refractivity contribution in [2.45, 2.75) is 19.4 Å². The van der Waals surface area contributed by atoms with Crippen LogP contribution in [-0.4, -0.2) is 52.9 Å². The number of nitrogens with zero attached hydrogens (tertiary/aromatic N) is 2. The van der Waals surface area contributed by atoms with E-state index >= 15 is 0 Å². The number of amides is 1. The maximum Gasteiger partial charge on any atom is 0.255 e. The molecule has 0 aromatic heterocycles. The summed E-state index contributed by atoms with van der Waals surface area (Å²) in [4.78, 5) is 14.6. The molecule has 160 valence electrons. The molecule has 0 bridgehead atoms. The Kier molecular flexibility index (Phi) is 5.42. The molecule has 2 aliphatic heterocycles. The molecular weight excluding hydrogens is 409 g/mol. The molecule has 1 fully saturated rings. The molecule has 2 aliphatic rings. The number of anilines is 3. The second-order valence-electron chi connectivity index (χ2n) is 7.68. The molecule has 30 heavy (non-hydrogen) atoms. The van der Waals surface area contributed by atoms with Crippen LogP contribution in [0.2, 0.25) is 0 Å². The van der Waals surface area contributed by atoms with Crippen molar-refractivity contribution in [1.29, 1.82) is 0 Å². The Morgan fingerprint density at radius 3 is 2.50 bits per heavy atom. The number of benzene rings is 2. The highest BCUT2D eigenvalue weighted by molar-refractivity contribution is 7.92. The first-order chi connectivity index (χ1) is 14.2. The lowest BCUT2D eigenvalue weighted by Gasteiger charge is -2.29. The second-order valence-corrected chi connectivity index (χ2v) is 9.53. The van der Waals surface area contributed by atoms with Gasteiger partial charge in [-0.25, -0.2) is 12.8 Å². The van der Waals surface area contributed by atoms with Crippen LogP contribution in [0.25, 0.3) is 0 Å². The zero-order valence-corrected chi connectivity index (χ0v) is 17.7. The zero-order valence-electron chi connectivity index (χ0n) is 16.9. The summed E-state index contributed by atoms with van der Waals surface area (Å²) < 4.78 is 45.3. The van der Waals surface area contributed by atoms with Crippen molar-refractivity contribution >= 4 is 33.0 Å². The van der Waals surface area contributed by atoms with Crippen molar-refractivity contribution in [3.8, 4) is 0 Å². The van der Waals surface area contributed by atoms with E-state index in [0.717, 1.165) is 5.56 Å². The van der Waals surface area contributed by atoms with Crippen molar-refractivity contribution in [2.75, 3.05) is 47.1 Å². The first kappa shape index (κ1) is 20.6. The molecule has 0 aliphatic carbocycles. The number of rotatable bonds is 4. The molecule has 2 aromatic rings. The fourth-order valence-corrected chi connectivity index (χ4v) is 5.36. The summed E-state index contributed by atoms with van der Waals surface area (Å²) in [6.45, 7) is 4.21. The maximum atomic E-state index is 14.6. The quantitative estimate of drug-likeness (QED) is 0.802. The first-order valence-electron chi connectivity index (χ1n) is 9.80. The average Bonchev–Trinajstić information content (AvgIpc) is 3.04. The van der Waals surface area contributed by atoms with Gasteiger partial charge in [-0.15, -0.1) is 0 Å². The van der Waals surface area contributed by atoms with Crippen LogP contribution in [0.15, 0.2) is 36.4 Å². The van der Waals surface area contributed by atoms with Crippen LogP contribution in [0.5, 0.6) is 0 Å². The molecule has 9 heteroatoms. The van der Waals surface area contributed by atoms with Gasteiger partial charge >= 0.3 is 0 Å². The summed E-state index contributed by atoms with van der Waals surface area (Å²) in [6, 6.07) is 9.38. The third-order valence-electron chi connectivity index (χ3n) is 5.41. The molecule has 4 rings (SSSR count). The van der Waals surface area contributed by atoms with Gasteiger partial charge in [-0.05, 0) is 55.3 Å². The van der Waals surface area contributed by atoms with Gasteiger partial charge in [0.2, 0.25) is 10.0 Å². The first-order valence-corrected chi connectivity index (χ1v) is 11.6. The minimum atomic E-state index is -3.39. The van der Waals surface area contributed by atoms with Gasteiger partial charge in [0.05, 0.1) is 30.8 Å². The number of fused-ring (bicyclic) bond motifs is 1. The summed E-state index contributed by atoms with van der Waals surface area (Å²) in [5, 5.41) is 2.72. The number of sulfonamides is 1. The van der Waals surface area contributed by atoms with Gasteiger partial charge in [-0.1, -0.05) is 0 Å². The number of carbonyl (C=O) groups excluding carboxylic acids is 1. The van der Waals surface area contributed by atoms with Crippen molar-refractivity contribution in [1.82, 2.24) is 0 Å². The summed E-state index contributed by atoms with van der Waals surface area (Å²) in [7, 11) is -3.39. The topological polar surface area (TPSA) is 79.0 Å². The Labute approximate surface area is 175 Å². The van der Waals surface area contributed by atoms with Crippen molar-refractivity contribution in [3.05, 3.63) is 53.3 Å². The van der Waals surface area contributed by atoms with E-state index in [0.29, 0.717) is 55.3 Å². The second kappa shape index (κ2) is 7.88. The SMILES string of the molecule is CC1Cc2cc(C(=O)Nc3ccc(N4CCOCC4)c(F)c3)ccc2N1S(C)(=O)=O. The predicted molar refractivity (Wildman–Crippen MR) is 114 cm³/mol. The van der Waals surface area contributed by atoms with Gasteiger partial charge in [0.1, 0.15) is 5.82 Å².